The molecule has 0 amide bonds. The van der Waals surface area contributed by atoms with Gasteiger partial charge in [0.25, 0.3) is 11.4 Å². The Bertz CT molecular complexity index is 2090. The number of hydrogen-bond acceptors (Lipinski definition) is 8. The van der Waals surface area contributed by atoms with E-state index in [4.69, 9.17) is 28.3 Å². The molecule has 0 radical (unpaired) electrons. The summed E-state index contributed by atoms with van der Waals surface area (Å²) in [5, 5.41) is 41.9. The van der Waals surface area contributed by atoms with Crippen LogP contribution in [0, 0.1) is 20.2 Å². The molecule has 0 aliphatic rings. The molecule has 46 heavy (non-hydrogen) atoms. The van der Waals surface area contributed by atoms with Crippen LogP contribution in [-0.4, -0.2) is 51.9 Å². The van der Waals surface area contributed by atoms with Gasteiger partial charge in [-0.2, -0.15) is 0 Å². The molecule has 0 aliphatic carbocycles. The molecule has 2 aromatic heterocycles. The quantitative estimate of drug-likeness (QED) is 0.0945. The van der Waals surface area contributed by atoms with E-state index in [1.54, 1.807) is 53.1 Å². The number of nitro benzene ring substituents is 2. The van der Waals surface area contributed by atoms with E-state index in [0.29, 0.717) is 34.8 Å². The summed E-state index contributed by atoms with van der Waals surface area (Å²) in [6.07, 6.45) is 0.716. The summed E-state index contributed by atoms with van der Waals surface area (Å²) in [5.41, 5.74) is 3.28. The zero-order valence-corrected chi connectivity index (χ0v) is 25.5. The maximum Gasteiger partial charge on any atom is 0.298 e. The minimum absolute atomic E-state index is 0.0128. The number of nitro groups is 2. The number of imidazole rings is 2. The smallest absolute Gasteiger partial charge is 0.298 e. The number of para-hydroxylation sites is 6. The number of aromatic nitrogens is 4. The van der Waals surface area contributed by atoms with Crippen LogP contribution in [0.4, 0.5) is 11.4 Å². The van der Waals surface area contributed by atoms with Gasteiger partial charge in [0.2, 0.25) is 0 Å². The Balaban J connectivity index is 0.000000182. The number of nitrogens with zero attached hydrogens (tertiary/aromatic N) is 6. The van der Waals surface area contributed by atoms with Crippen LogP contribution < -0.4 is 0 Å². The van der Waals surface area contributed by atoms with Gasteiger partial charge in [0.15, 0.2) is 0 Å². The number of rotatable bonds is 9. The number of aliphatic hydroxyl groups excluding tert-OH is 2. The van der Waals surface area contributed by atoms with Crippen LogP contribution in [0.1, 0.15) is 0 Å². The lowest BCUT2D eigenvalue weighted by atomic mass is 10.1. The molecular formula is C32H26Cl2N6O6. The molecule has 0 aliphatic heterocycles. The van der Waals surface area contributed by atoms with Gasteiger partial charge >= 0.3 is 0 Å². The Kier molecular flexibility index (Phi) is 9.73. The second-order valence-electron chi connectivity index (χ2n) is 9.98. The number of halogens is 2. The van der Waals surface area contributed by atoms with Gasteiger partial charge in [0.1, 0.15) is 21.7 Å². The Morgan fingerprint density at radius 3 is 1.67 bits per heavy atom. The van der Waals surface area contributed by atoms with Gasteiger partial charge in [0.05, 0.1) is 62.3 Å². The fourth-order valence-corrected chi connectivity index (χ4v) is 5.58. The Hall–Kier alpha value is -5.14. The highest BCUT2D eigenvalue weighted by molar-refractivity contribution is 6.33. The lowest BCUT2D eigenvalue weighted by Crippen LogP contribution is -2.20. The third kappa shape index (κ3) is 6.32. The van der Waals surface area contributed by atoms with Crippen molar-refractivity contribution in [2.45, 2.75) is 19.2 Å². The summed E-state index contributed by atoms with van der Waals surface area (Å²) in [4.78, 5) is 30.8. The summed E-state index contributed by atoms with van der Waals surface area (Å²) >= 11 is 12.0. The lowest BCUT2D eigenvalue weighted by Gasteiger charge is -2.13. The molecule has 12 nitrogen and oxygen atoms in total. The number of benzene rings is 4. The largest absolute Gasteiger partial charge is 0.394 e. The number of hydrogen-bond donors (Lipinski definition) is 2. The minimum atomic E-state index is -1.01. The van der Waals surface area contributed by atoms with Gasteiger partial charge in [-0.25, -0.2) is 9.97 Å². The predicted molar refractivity (Wildman–Crippen MR) is 177 cm³/mol. The fourth-order valence-electron chi connectivity index (χ4n) is 5.09. The second kappa shape index (κ2) is 13.9. The van der Waals surface area contributed by atoms with E-state index in [9.17, 15) is 25.3 Å². The van der Waals surface area contributed by atoms with Gasteiger partial charge < -0.3 is 19.3 Å². The van der Waals surface area contributed by atoms with Gasteiger partial charge in [-0.15, -0.1) is 6.58 Å². The molecule has 6 rings (SSSR count). The minimum Gasteiger partial charge on any atom is -0.394 e. The van der Waals surface area contributed by atoms with Crippen LogP contribution in [0.2, 0.25) is 10.0 Å². The molecule has 14 heteroatoms. The molecule has 2 N–H and O–H groups in total. The van der Waals surface area contributed by atoms with Crippen molar-refractivity contribution in [2.24, 2.45) is 0 Å². The first-order valence-electron chi connectivity index (χ1n) is 13.8. The van der Waals surface area contributed by atoms with Crippen molar-refractivity contribution in [1.82, 2.24) is 19.1 Å². The molecule has 4 aromatic carbocycles. The van der Waals surface area contributed by atoms with Crippen molar-refractivity contribution in [3.8, 4) is 22.8 Å². The van der Waals surface area contributed by atoms with Crippen LogP contribution in [-0.2, 0) is 13.1 Å². The third-order valence-electron chi connectivity index (χ3n) is 7.05. The zero-order chi connectivity index (χ0) is 33.0. The maximum absolute atomic E-state index is 11.4. The molecule has 1 unspecified atom stereocenters. The first-order chi connectivity index (χ1) is 22.2. The normalized spacial score (nSPS) is 11.7. The maximum atomic E-state index is 11.4. The molecule has 2 heterocycles. The van der Waals surface area contributed by atoms with Crippen LogP contribution in [0.25, 0.3) is 44.8 Å². The highest BCUT2D eigenvalue weighted by Gasteiger charge is 2.26. The summed E-state index contributed by atoms with van der Waals surface area (Å²) in [6, 6.07) is 24.2. The first-order valence-corrected chi connectivity index (χ1v) is 14.6. The third-order valence-corrected chi connectivity index (χ3v) is 7.66. The van der Waals surface area contributed by atoms with Crippen LogP contribution in [0.3, 0.4) is 0 Å². The van der Waals surface area contributed by atoms with Crippen molar-refractivity contribution < 1.29 is 20.1 Å². The van der Waals surface area contributed by atoms with E-state index < -0.39 is 22.6 Å². The molecule has 6 aromatic rings. The monoisotopic (exact) mass is 660 g/mol. The average Bonchev–Trinajstić information content (AvgIpc) is 3.59. The van der Waals surface area contributed by atoms with E-state index in [1.165, 1.54) is 12.1 Å². The van der Waals surface area contributed by atoms with Gasteiger partial charge in [-0.1, -0.05) is 65.7 Å². The van der Waals surface area contributed by atoms with Crippen molar-refractivity contribution in [1.29, 1.82) is 0 Å². The number of aliphatic hydroxyl groups is 2. The van der Waals surface area contributed by atoms with Crippen LogP contribution in [0.15, 0.2) is 97.6 Å². The standard InChI is InChI=1S/C16H14ClN3O4.C16H12ClN3O2/c17-12-5-3-4-11(15(12)20(23)24)16-18-13-6-1-2-7-14(13)19(16)8-10(22)9-21;1-2-10-19-14-9-4-3-8-13(14)18-16(19)11-6-5-7-12(17)15(11)20(21)22/h1-7,10,21-22H,8-9H2;2-9H,1,10H2. The molecule has 234 valence electrons. The Morgan fingerprint density at radius 1 is 0.761 bits per heavy atom. The van der Waals surface area contributed by atoms with E-state index in [0.717, 1.165) is 11.0 Å². The molecule has 1 atom stereocenters. The van der Waals surface area contributed by atoms with E-state index >= 15 is 0 Å². The first kappa shape index (κ1) is 32.3. The SMILES string of the molecule is C=CCn1c(-c2cccc(Cl)c2[N+](=O)[O-])nc2ccccc21.O=[N+]([O-])c1c(Cl)cccc1-c1nc2ccccc2n1CC(O)CO. The van der Waals surface area contributed by atoms with Gasteiger partial charge in [0, 0.05) is 6.54 Å². The molecule has 0 saturated heterocycles. The molecule has 0 fully saturated rings. The summed E-state index contributed by atoms with van der Waals surface area (Å²) < 4.78 is 3.54. The summed E-state index contributed by atoms with van der Waals surface area (Å²) in [5.74, 6) is 0.827. The molecule has 0 bridgehead atoms. The lowest BCUT2D eigenvalue weighted by molar-refractivity contribution is -0.384. The number of fused-ring (bicyclic) bond motifs is 2. The van der Waals surface area contributed by atoms with E-state index in [-0.39, 0.29) is 33.5 Å². The summed E-state index contributed by atoms with van der Waals surface area (Å²) in [6.45, 7) is 3.87. The van der Waals surface area contributed by atoms with Gasteiger partial charge in [-0.05, 0) is 48.5 Å². The topological polar surface area (TPSA) is 162 Å². The zero-order valence-electron chi connectivity index (χ0n) is 24.0. The second-order valence-corrected chi connectivity index (χ2v) is 10.8. The number of allylic oxidation sites excluding steroid dienone is 1. The van der Waals surface area contributed by atoms with Crippen molar-refractivity contribution >= 4 is 56.6 Å². The van der Waals surface area contributed by atoms with E-state index in [2.05, 4.69) is 16.5 Å². The highest BCUT2D eigenvalue weighted by Crippen LogP contribution is 2.38. The van der Waals surface area contributed by atoms with Crippen molar-refractivity contribution in [3.63, 3.8) is 0 Å². The Labute approximate surface area is 271 Å². The van der Waals surface area contributed by atoms with Gasteiger partial charge in [-0.3, -0.25) is 20.2 Å². The highest BCUT2D eigenvalue weighted by atomic mass is 35.5. The van der Waals surface area contributed by atoms with Crippen LogP contribution >= 0.6 is 23.2 Å². The molecule has 0 saturated carbocycles. The Morgan fingerprint density at radius 2 is 1.22 bits per heavy atom. The fraction of sp³-hybridized carbons (Fsp3) is 0.125. The average molecular weight is 662 g/mol. The van der Waals surface area contributed by atoms with Crippen LogP contribution in [0.5, 0.6) is 0 Å². The summed E-state index contributed by atoms with van der Waals surface area (Å²) in [7, 11) is 0. The molecular weight excluding hydrogens is 635 g/mol. The molecule has 0 spiro atoms. The predicted octanol–water partition coefficient (Wildman–Crippen LogP) is 7.07. The van der Waals surface area contributed by atoms with E-state index in [1.807, 2.05) is 34.9 Å². The van der Waals surface area contributed by atoms with Crippen molar-refractivity contribution in [3.05, 3.63) is 128 Å². The van der Waals surface area contributed by atoms with Crippen molar-refractivity contribution in [2.75, 3.05) is 6.61 Å².